The molecule has 0 aromatic heterocycles. The molecular formula is C21H29F3N4O5. The number of nitrogens with one attached hydrogen (secondary N) is 2. The maximum Gasteiger partial charge on any atom is 0.490 e. The number of aryl methyl sites for hydroxylation is 1. The van der Waals surface area contributed by atoms with Gasteiger partial charge in [-0.2, -0.15) is 13.2 Å². The van der Waals surface area contributed by atoms with Crippen molar-refractivity contribution in [3.63, 3.8) is 0 Å². The highest BCUT2D eigenvalue weighted by Gasteiger charge is 2.45. The van der Waals surface area contributed by atoms with Gasteiger partial charge in [0.1, 0.15) is 0 Å². The van der Waals surface area contributed by atoms with Gasteiger partial charge in [-0.1, -0.05) is 18.2 Å². The van der Waals surface area contributed by atoms with E-state index in [0.29, 0.717) is 26.1 Å². The molecule has 3 N–H and O–H groups in total. The second-order valence-corrected chi connectivity index (χ2v) is 8.19. The number of anilines is 1. The van der Waals surface area contributed by atoms with Crippen molar-refractivity contribution in [1.29, 1.82) is 0 Å². The molecule has 0 radical (unpaired) electrons. The van der Waals surface area contributed by atoms with Gasteiger partial charge in [-0.05, 0) is 39.1 Å². The fourth-order valence-corrected chi connectivity index (χ4v) is 3.54. The third kappa shape index (κ3) is 7.90. The number of benzene rings is 1. The van der Waals surface area contributed by atoms with Crippen molar-refractivity contribution < 1.29 is 37.4 Å². The van der Waals surface area contributed by atoms with E-state index in [1.54, 1.807) is 4.90 Å². The van der Waals surface area contributed by atoms with Gasteiger partial charge < -0.3 is 30.3 Å². The number of carboxylic acid groups (broad SMARTS) is 1. The summed E-state index contributed by atoms with van der Waals surface area (Å²) in [6.45, 7) is 4.36. The number of amides is 3. The Labute approximate surface area is 189 Å². The first-order valence-corrected chi connectivity index (χ1v) is 10.4. The highest BCUT2D eigenvalue weighted by molar-refractivity contribution is 5.90. The van der Waals surface area contributed by atoms with Crippen LogP contribution in [0.2, 0.25) is 0 Å². The van der Waals surface area contributed by atoms with Crippen LogP contribution in [-0.2, 0) is 14.3 Å². The lowest BCUT2D eigenvalue weighted by Crippen LogP contribution is -2.49. The number of carboxylic acids is 1. The average Bonchev–Trinajstić information content (AvgIpc) is 3.02. The number of fused-ring (bicyclic) bond motifs is 2. The Kier molecular flexibility index (Phi) is 9.06. The average molecular weight is 474 g/mol. The molecule has 3 rings (SSSR count). The lowest BCUT2D eigenvalue weighted by Gasteiger charge is -2.33. The molecule has 3 amide bonds. The largest absolute Gasteiger partial charge is 0.490 e. The van der Waals surface area contributed by atoms with E-state index in [2.05, 4.69) is 10.6 Å². The summed E-state index contributed by atoms with van der Waals surface area (Å²) in [5.74, 6) is -2.91. The third-order valence-corrected chi connectivity index (χ3v) is 5.27. The monoisotopic (exact) mass is 474 g/mol. The fourth-order valence-electron chi connectivity index (χ4n) is 3.54. The molecule has 0 aliphatic carbocycles. The number of likely N-dealkylation sites (N-methyl/N-ethyl adjacent to an activating group) is 1. The summed E-state index contributed by atoms with van der Waals surface area (Å²) in [5.41, 5.74) is 1.84. The second-order valence-electron chi connectivity index (χ2n) is 8.19. The molecular weight excluding hydrogens is 445 g/mol. The van der Waals surface area contributed by atoms with Crippen molar-refractivity contribution in [3.05, 3.63) is 29.8 Å². The van der Waals surface area contributed by atoms with E-state index >= 15 is 0 Å². The summed E-state index contributed by atoms with van der Waals surface area (Å²) in [7, 11) is 3.95. The van der Waals surface area contributed by atoms with Crippen LogP contribution in [0.25, 0.3) is 0 Å². The third-order valence-electron chi connectivity index (χ3n) is 5.27. The number of aliphatic carboxylic acids is 1. The molecule has 9 nitrogen and oxygen atoms in total. The number of para-hydroxylation sites is 1. The molecule has 2 aliphatic heterocycles. The first kappa shape index (κ1) is 26.4. The van der Waals surface area contributed by atoms with Crippen LogP contribution < -0.4 is 10.6 Å². The predicted octanol–water partition coefficient (Wildman–Crippen LogP) is 1.93. The maximum atomic E-state index is 12.6. The van der Waals surface area contributed by atoms with E-state index in [1.807, 2.05) is 50.2 Å². The number of rotatable bonds is 5. The SMILES string of the molecule is Cc1ccccc1NC(=O)N1CC2CC(C(=O)NCCN(C)C)C(C1)O2.O=C(O)C(F)(F)F. The number of urea groups is 1. The zero-order chi connectivity index (χ0) is 24.8. The molecule has 2 fully saturated rings. The van der Waals surface area contributed by atoms with Crippen LogP contribution in [0.3, 0.4) is 0 Å². The quantitative estimate of drug-likeness (QED) is 0.602. The zero-order valence-electron chi connectivity index (χ0n) is 18.7. The van der Waals surface area contributed by atoms with Gasteiger partial charge in [0.25, 0.3) is 0 Å². The fraction of sp³-hybridized carbons (Fsp3) is 0.571. The Morgan fingerprint density at radius 1 is 1.21 bits per heavy atom. The molecule has 12 heteroatoms. The van der Waals surface area contributed by atoms with Gasteiger partial charge in [0.15, 0.2) is 0 Å². The molecule has 184 valence electrons. The van der Waals surface area contributed by atoms with Crippen molar-refractivity contribution in [2.24, 2.45) is 5.92 Å². The molecule has 33 heavy (non-hydrogen) atoms. The summed E-state index contributed by atoms with van der Waals surface area (Å²) in [6, 6.07) is 7.57. The molecule has 2 saturated heterocycles. The number of hydrogen-bond acceptors (Lipinski definition) is 5. The van der Waals surface area contributed by atoms with Crippen molar-refractivity contribution >= 4 is 23.6 Å². The molecule has 0 saturated carbocycles. The van der Waals surface area contributed by atoms with E-state index in [0.717, 1.165) is 17.8 Å². The lowest BCUT2D eigenvalue weighted by molar-refractivity contribution is -0.192. The van der Waals surface area contributed by atoms with Crippen LogP contribution in [-0.4, -0.2) is 91.5 Å². The van der Waals surface area contributed by atoms with Gasteiger partial charge in [0, 0.05) is 31.9 Å². The molecule has 2 bridgehead atoms. The van der Waals surface area contributed by atoms with Gasteiger partial charge in [-0.3, -0.25) is 4.79 Å². The second kappa shape index (κ2) is 11.3. The van der Waals surface area contributed by atoms with E-state index in [4.69, 9.17) is 14.6 Å². The molecule has 2 aliphatic rings. The number of halogens is 3. The number of carbonyl (C=O) groups excluding carboxylic acids is 2. The first-order valence-electron chi connectivity index (χ1n) is 10.4. The van der Waals surface area contributed by atoms with E-state index < -0.39 is 12.1 Å². The minimum atomic E-state index is -5.08. The normalized spacial score (nSPS) is 21.8. The van der Waals surface area contributed by atoms with Gasteiger partial charge >= 0.3 is 18.2 Å². The van der Waals surface area contributed by atoms with Crippen molar-refractivity contribution in [3.8, 4) is 0 Å². The number of nitrogens with zero attached hydrogens (tertiary/aromatic N) is 2. The van der Waals surface area contributed by atoms with Crippen LogP contribution in [0.4, 0.5) is 23.7 Å². The Balaban J connectivity index is 0.000000479. The van der Waals surface area contributed by atoms with Crippen LogP contribution >= 0.6 is 0 Å². The first-order chi connectivity index (χ1) is 15.4. The standard InChI is InChI=1S/C19H28N4O3.C2HF3O2/c1-13-6-4-5-7-16(13)21-19(25)23-11-14-10-15(17(12-23)26-14)18(24)20-8-9-22(2)3;3-2(4,5)1(6)7/h4-7,14-15,17H,8-12H2,1-3H3,(H,20,24)(H,21,25);(H,6,7). The summed E-state index contributed by atoms with van der Waals surface area (Å²) < 4.78 is 37.7. The maximum absolute atomic E-state index is 12.6. The molecule has 3 unspecified atom stereocenters. The topological polar surface area (TPSA) is 111 Å². The van der Waals surface area contributed by atoms with Gasteiger partial charge in [0.2, 0.25) is 5.91 Å². The van der Waals surface area contributed by atoms with Gasteiger partial charge in [-0.15, -0.1) is 0 Å². The minimum Gasteiger partial charge on any atom is -0.475 e. The van der Waals surface area contributed by atoms with Crippen molar-refractivity contribution in [1.82, 2.24) is 15.1 Å². The number of carbonyl (C=O) groups is 3. The van der Waals surface area contributed by atoms with Crippen LogP contribution in [0, 0.1) is 12.8 Å². The molecule has 1 aromatic carbocycles. The predicted molar refractivity (Wildman–Crippen MR) is 114 cm³/mol. The minimum absolute atomic E-state index is 0.0283. The summed E-state index contributed by atoms with van der Waals surface area (Å²) in [6.07, 6.45) is -4.70. The number of likely N-dealkylation sites (tertiary alicyclic amines) is 1. The highest BCUT2D eigenvalue weighted by atomic mass is 19.4. The molecule has 3 atom stereocenters. The highest BCUT2D eigenvalue weighted by Crippen LogP contribution is 2.32. The Bertz CT molecular complexity index is 849. The van der Waals surface area contributed by atoms with E-state index in [-0.39, 0.29) is 30.1 Å². The molecule has 1 aromatic rings. The van der Waals surface area contributed by atoms with Crippen LogP contribution in [0.15, 0.2) is 24.3 Å². The Hall–Kier alpha value is -2.86. The van der Waals surface area contributed by atoms with Crippen LogP contribution in [0.1, 0.15) is 12.0 Å². The Morgan fingerprint density at radius 3 is 2.42 bits per heavy atom. The molecule has 2 heterocycles. The summed E-state index contributed by atoms with van der Waals surface area (Å²) in [5, 5.41) is 13.1. The van der Waals surface area contributed by atoms with Gasteiger partial charge in [0.05, 0.1) is 18.1 Å². The lowest BCUT2D eigenvalue weighted by atomic mass is 9.99. The van der Waals surface area contributed by atoms with Gasteiger partial charge in [-0.25, -0.2) is 9.59 Å². The summed E-state index contributed by atoms with van der Waals surface area (Å²) in [4.78, 5) is 37.8. The zero-order valence-corrected chi connectivity index (χ0v) is 18.7. The number of ether oxygens (including phenoxy) is 1. The number of hydrogen-bond donors (Lipinski definition) is 3. The Morgan fingerprint density at radius 2 is 1.85 bits per heavy atom. The number of alkyl halides is 3. The van der Waals surface area contributed by atoms with Crippen LogP contribution in [0.5, 0.6) is 0 Å². The smallest absolute Gasteiger partial charge is 0.475 e. The number of morpholine rings is 1. The van der Waals surface area contributed by atoms with E-state index in [1.165, 1.54) is 0 Å². The van der Waals surface area contributed by atoms with E-state index in [9.17, 15) is 22.8 Å². The van der Waals surface area contributed by atoms with Crippen molar-refractivity contribution in [2.75, 3.05) is 45.6 Å². The summed E-state index contributed by atoms with van der Waals surface area (Å²) >= 11 is 0. The van der Waals surface area contributed by atoms with Crippen molar-refractivity contribution in [2.45, 2.75) is 31.7 Å². The molecule has 0 spiro atoms.